The number of benzene rings is 1. The van der Waals surface area contributed by atoms with Crippen LogP contribution in [0.4, 0.5) is 18.9 Å². The largest absolute Gasteiger partial charge is 0.476 e. The number of nitrogens with one attached hydrogen (secondary N) is 1. The summed E-state index contributed by atoms with van der Waals surface area (Å²) in [6.07, 6.45) is -4.10. The van der Waals surface area contributed by atoms with Crippen molar-refractivity contribution < 1.29 is 37.1 Å². The minimum absolute atomic E-state index is 0.103. The lowest BCUT2D eigenvalue weighted by atomic mass is 10.1. The molecule has 2 amide bonds. The Kier molecular flexibility index (Phi) is 5.72. The zero-order valence-electron chi connectivity index (χ0n) is 17.8. The number of carboxylic acid groups (broad SMARTS) is 1. The van der Waals surface area contributed by atoms with Gasteiger partial charge in [0.1, 0.15) is 18.5 Å². The third-order valence-corrected chi connectivity index (χ3v) is 4.98. The first-order chi connectivity index (χ1) is 16.5. The molecule has 11 nitrogen and oxygen atoms in total. The summed E-state index contributed by atoms with van der Waals surface area (Å²) >= 11 is 0. The topological polar surface area (TPSA) is 166 Å². The van der Waals surface area contributed by atoms with E-state index < -0.39 is 47.6 Å². The number of nitrogens with zero attached hydrogens (tertiary/aromatic N) is 4. The van der Waals surface area contributed by atoms with E-state index in [1.807, 2.05) is 0 Å². The quantitative estimate of drug-likeness (QED) is 0.373. The molecular formula is C21H15F3N6O5. The van der Waals surface area contributed by atoms with E-state index in [2.05, 4.69) is 20.4 Å². The van der Waals surface area contributed by atoms with Crippen LogP contribution >= 0.6 is 0 Å². The van der Waals surface area contributed by atoms with Crippen LogP contribution in [0.1, 0.15) is 48.6 Å². The van der Waals surface area contributed by atoms with E-state index in [1.165, 1.54) is 19.1 Å². The Morgan fingerprint density at radius 2 is 1.89 bits per heavy atom. The van der Waals surface area contributed by atoms with E-state index in [-0.39, 0.29) is 33.7 Å². The summed E-state index contributed by atoms with van der Waals surface area (Å²) in [6, 6.07) is 7.33. The molecule has 35 heavy (non-hydrogen) atoms. The molecule has 4 N–H and O–H groups in total. The highest BCUT2D eigenvalue weighted by Gasteiger charge is 2.39. The lowest BCUT2D eigenvalue weighted by Gasteiger charge is -2.11. The zero-order valence-corrected chi connectivity index (χ0v) is 17.8. The van der Waals surface area contributed by atoms with Gasteiger partial charge in [-0.15, -0.1) is 0 Å². The van der Waals surface area contributed by atoms with Crippen LogP contribution in [0.5, 0.6) is 0 Å². The normalized spacial score (nSPS) is 11.5. The van der Waals surface area contributed by atoms with Crippen LogP contribution in [0.3, 0.4) is 0 Å². The molecule has 0 bridgehead atoms. The number of pyridine rings is 1. The molecule has 3 aromatic heterocycles. The molecule has 180 valence electrons. The van der Waals surface area contributed by atoms with Crippen molar-refractivity contribution >= 4 is 34.4 Å². The average Bonchev–Trinajstić information content (AvgIpc) is 3.38. The summed E-state index contributed by atoms with van der Waals surface area (Å²) in [5.74, 6) is -3.45. The number of aromatic carboxylic acids is 1. The van der Waals surface area contributed by atoms with Crippen LogP contribution in [0.15, 0.2) is 41.0 Å². The molecule has 0 radical (unpaired) electrons. The second-order valence-corrected chi connectivity index (χ2v) is 7.29. The molecule has 3 heterocycles. The van der Waals surface area contributed by atoms with Crippen molar-refractivity contribution in [3.05, 3.63) is 70.8 Å². The van der Waals surface area contributed by atoms with Crippen molar-refractivity contribution in [2.45, 2.75) is 19.6 Å². The molecule has 1 aromatic carbocycles. The number of amides is 2. The fourth-order valence-electron chi connectivity index (χ4n) is 3.33. The number of aromatic nitrogens is 4. The van der Waals surface area contributed by atoms with Crippen molar-refractivity contribution in [3.63, 3.8) is 0 Å². The molecular weight excluding hydrogens is 473 g/mol. The number of alkyl halides is 3. The molecule has 0 atom stereocenters. The smallest absolute Gasteiger partial charge is 0.437 e. The van der Waals surface area contributed by atoms with Crippen LogP contribution < -0.4 is 11.1 Å². The third kappa shape index (κ3) is 4.53. The molecule has 0 aliphatic heterocycles. The van der Waals surface area contributed by atoms with Gasteiger partial charge in [0.25, 0.3) is 11.8 Å². The fraction of sp³-hybridized carbons (Fsp3) is 0.143. The Morgan fingerprint density at radius 3 is 2.51 bits per heavy atom. The number of hydrogen-bond donors (Lipinski definition) is 3. The van der Waals surface area contributed by atoms with Crippen LogP contribution in [-0.2, 0) is 12.7 Å². The first-order valence-corrected chi connectivity index (χ1v) is 9.79. The van der Waals surface area contributed by atoms with Gasteiger partial charge in [-0.25, -0.2) is 14.8 Å². The maximum Gasteiger partial charge on any atom is 0.437 e. The van der Waals surface area contributed by atoms with Gasteiger partial charge < -0.3 is 20.6 Å². The highest BCUT2D eigenvalue weighted by molar-refractivity contribution is 6.14. The molecule has 0 spiro atoms. The van der Waals surface area contributed by atoms with E-state index in [0.717, 1.165) is 17.0 Å². The number of primary amides is 1. The van der Waals surface area contributed by atoms with E-state index >= 15 is 0 Å². The molecule has 0 saturated carbocycles. The van der Waals surface area contributed by atoms with Crippen molar-refractivity contribution in [2.75, 3.05) is 5.32 Å². The van der Waals surface area contributed by atoms with Crippen LogP contribution in [0.25, 0.3) is 10.9 Å². The first kappa shape index (κ1) is 23.4. The van der Waals surface area contributed by atoms with Gasteiger partial charge in [0.15, 0.2) is 11.4 Å². The van der Waals surface area contributed by atoms with Gasteiger partial charge in [0.05, 0.1) is 22.5 Å². The maximum absolute atomic E-state index is 13.8. The molecule has 4 aromatic rings. The molecule has 4 rings (SSSR count). The van der Waals surface area contributed by atoms with Gasteiger partial charge in [0.2, 0.25) is 5.89 Å². The van der Waals surface area contributed by atoms with Crippen LogP contribution in [0, 0.1) is 6.92 Å². The molecule has 0 aliphatic rings. The number of anilines is 1. The summed E-state index contributed by atoms with van der Waals surface area (Å²) in [4.78, 5) is 43.4. The number of carboxylic acids is 1. The second-order valence-electron chi connectivity index (χ2n) is 7.29. The number of para-hydroxylation sites is 1. The predicted molar refractivity (Wildman–Crippen MR) is 113 cm³/mol. The molecule has 0 saturated heterocycles. The van der Waals surface area contributed by atoms with E-state index in [0.29, 0.717) is 0 Å². The summed E-state index contributed by atoms with van der Waals surface area (Å²) in [5, 5.41) is 15.0. The number of halogens is 3. The number of rotatable bonds is 6. The molecule has 14 heteroatoms. The minimum atomic E-state index is -4.94. The van der Waals surface area contributed by atoms with Crippen LogP contribution in [-0.4, -0.2) is 42.6 Å². The van der Waals surface area contributed by atoms with Crippen molar-refractivity contribution in [3.8, 4) is 0 Å². The Balaban J connectivity index is 1.75. The number of hydrogen-bond acceptors (Lipinski definition) is 7. The van der Waals surface area contributed by atoms with E-state index in [1.54, 1.807) is 12.1 Å². The summed E-state index contributed by atoms with van der Waals surface area (Å²) < 4.78 is 47.1. The number of fused-ring (bicyclic) bond motifs is 1. The SMILES string of the molecule is Cc1c(NC(=O)c2cc(C(N)=O)nc3ccccc23)c(C(F)(F)F)nn1Cc1nc(C(=O)O)co1. The van der Waals surface area contributed by atoms with E-state index in [9.17, 15) is 27.6 Å². The van der Waals surface area contributed by atoms with E-state index in [4.69, 9.17) is 15.3 Å². The Morgan fingerprint density at radius 1 is 1.17 bits per heavy atom. The fourth-order valence-corrected chi connectivity index (χ4v) is 3.33. The zero-order chi connectivity index (χ0) is 25.5. The van der Waals surface area contributed by atoms with Crippen molar-refractivity contribution in [1.29, 1.82) is 0 Å². The Hall–Kier alpha value is -4.75. The highest BCUT2D eigenvalue weighted by Crippen LogP contribution is 2.36. The number of oxazole rings is 1. The Labute approximate surface area is 193 Å². The summed E-state index contributed by atoms with van der Waals surface area (Å²) in [6.45, 7) is 0.848. The molecule has 0 unspecified atom stereocenters. The molecule has 0 aliphatic carbocycles. The van der Waals surface area contributed by atoms with Gasteiger partial charge in [-0.1, -0.05) is 18.2 Å². The number of carbonyl (C=O) groups excluding carboxylic acids is 2. The molecule has 0 fully saturated rings. The monoisotopic (exact) mass is 488 g/mol. The Bertz CT molecular complexity index is 1490. The van der Waals surface area contributed by atoms with Crippen LogP contribution in [0.2, 0.25) is 0 Å². The summed E-state index contributed by atoms with van der Waals surface area (Å²) in [7, 11) is 0. The predicted octanol–water partition coefficient (Wildman–Crippen LogP) is 2.84. The lowest BCUT2D eigenvalue weighted by Crippen LogP contribution is -2.19. The summed E-state index contributed by atoms with van der Waals surface area (Å²) in [5.41, 5.74) is 2.62. The standard InChI is InChI=1S/C21H15F3N6O5/c1-9-16(17(21(22,23)24)29-30(9)7-15-27-14(8-35-15)20(33)34)28-19(32)11-6-13(18(25)31)26-12-5-3-2-4-10(11)12/h2-6,8H,7H2,1H3,(H2,25,31)(H,28,32)(H,33,34). The van der Waals surface area contributed by atoms with Gasteiger partial charge in [-0.2, -0.15) is 18.3 Å². The first-order valence-electron chi connectivity index (χ1n) is 9.79. The van der Waals surface area contributed by atoms with Gasteiger partial charge in [0, 0.05) is 5.39 Å². The lowest BCUT2D eigenvalue weighted by molar-refractivity contribution is -0.140. The number of nitrogens with two attached hydrogens (primary N) is 1. The average molecular weight is 488 g/mol. The minimum Gasteiger partial charge on any atom is -0.476 e. The number of carbonyl (C=O) groups is 3. The van der Waals surface area contributed by atoms with Crippen molar-refractivity contribution in [1.82, 2.24) is 19.7 Å². The third-order valence-electron chi connectivity index (χ3n) is 4.98. The van der Waals surface area contributed by atoms with Gasteiger partial charge in [-0.3, -0.25) is 14.3 Å². The maximum atomic E-state index is 13.8. The second kappa shape index (κ2) is 8.55. The van der Waals surface area contributed by atoms with Crippen molar-refractivity contribution in [2.24, 2.45) is 5.73 Å². The van der Waals surface area contributed by atoms with Gasteiger partial charge in [-0.05, 0) is 19.1 Å². The van der Waals surface area contributed by atoms with Gasteiger partial charge >= 0.3 is 12.1 Å². The highest BCUT2D eigenvalue weighted by atomic mass is 19.4.